The third-order valence-corrected chi connectivity index (χ3v) is 5.46. The molecule has 0 bridgehead atoms. The second-order valence-electron chi connectivity index (χ2n) is 7.04. The molecule has 2 atom stereocenters. The average Bonchev–Trinajstić information content (AvgIpc) is 2.75. The first-order chi connectivity index (χ1) is 13.7. The van der Waals surface area contributed by atoms with E-state index < -0.39 is 0 Å². The van der Waals surface area contributed by atoms with E-state index in [1.165, 1.54) is 0 Å². The topological polar surface area (TPSA) is 38.3 Å². The number of hydrogen-bond acceptors (Lipinski definition) is 3. The standard InChI is InChI=1S/C24H22ClNO2/c25-21-12-10-19(11-13-21)22-14-15-26-16-23(22)28-24(27)20-8-6-18(7-9-20)17-4-2-1-3-5-17/h1-13,22-23,26H,14-16H2/t22-,23+/m1/s1. The summed E-state index contributed by atoms with van der Waals surface area (Å²) < 4.78 is 5.89. The number of hydrogen-bond donors (Lipinski definition) is 1. The van der Waals surface area contributed by atoms with Crippen LogP contribution in [0.4, 0.5) is 0 Å². The van der Waals surface area contributed by atoms with Gasteiger partial charge < -0.3 is 10.1 Å². The predicted octanol–water partition coefficient (Wildman–Crippen LogP) is 5.31. The summed E-state index contributed by atoms with van der Waals surface area (Å²) in [6.45, 7) is 1.56. The normalized spacial score (nSPS) is 19.2. The molecule has 0 radical (unpaired) electrons. The Morgan fingerprint density at radius 2 is 1.57 bits per heavy atom. The Bertz CT molecular complexity index is 923. The average molecular weight is 392 g/mol. The molecule has 0 saturated carbocycles. The van der Waals surface area contributed by atoms with Crippen molar-refractivity contribution in [3.8, 4) is 11.1 Å². The van der Waals surface area contributed by atoms with Crippen LogP contribution in [0.5, 0.6) is 0 Å². The molecule has 1 heterocycles. The van der Waals surface area contributed by atoms with E-state index in [1.54, 1.807) is 0 Å². The number of ether oxygens (including phenoxy) is 1. The van der Waals surface area contributed by atoms with Crippen molar-refractivity contribution in [2.45, 2.75) is 18.4 Å². The molecule has 0 aromatic heterocycles. The van der Waals surface area contributed by atoms with Gasteiger partial charge in [0.25, 0.3) is 0 Å². The fourth-order valence-corrected chi connectivity index (χ4v) is 3.81. The highest BCUT2D eigenvalue weighted by Crippen LogP contribution is 2.29. The summed E-state index contributed by atoms with van der Waals surface area (Å²) in [6, 6.07) is 25.5. The van der Waals surface area contributed by atoms with Gasteiger partial charge in [0.05, 0.1) is 5.56 Å². The number of piperidine rings is 1. The van der Waals surface area contributed by atoms with Gasteiger partial charge in [-0.05, 0) is 53.9 Å². The lowest BCUT2D eigenvalue weighted by Gasteiger charge is -2.32. The summed E-state index contributed by atoms with van der Waals surface area (Å²) in [4.78, 5) is 12.7. The van der Waals surface area contributed by atoms with E-state index >= 15 is 0 Å². The first-order valence-electron chi connectivity index (χ1n) is 9.53. The molecule has 0 spiro atoms. The maximum absolute atomic E-state index is 12.7. The number of esters is 1. The third-order valence-electron chi connectivity index (χ3n) is 5.21. The van der Waals surface area contributed by atoms with Gasteiger partial charge in [-0.15, -0.1) is 0 Å². The van der Waals surface area contributed by atoms with Crippen LogP contribution in [0, 0.1) is 0 Å². The van der Waals surface area contributed by atoms with E-state index in [2.05, 4.69) is 17.4 Å². The molecular formula is C24H22ClNO2. The number of carbonyl (C=O) groups excluding carboxylic acids is 1. The Kier molecular flexibility index (Phi) is 5.75. The first kappa shape index (κ1) is 18.7. The molecule has 1 N–H and O–H groups in total. The molecule has 3 nitrogen and oxygen atoms in total. The van der Waals surface area contributed by atoms with Crippen LogP contribution in [0.3, 0.4) is 0 Å². The van der Waals surface area contributed by atoms with Crippen molar-refractivity contribution in [3.63, 3.8) is 0 Å². The van der Waals surface area contributed by atoms with Crippen molar-refractivity contribution >= 4 is 17.6 Å². The second-order valence-corrected chi connectivity index (χ2v) is 7.47. The molecule has 0 unspecified atom stereocenters. The number of nitrogens with one attached hydrogen (secondary N) is 1. The molecule has 3 aromatic carbocycles. The van der Waals surface area contributed by atoms with E-state index in [0.717, 1.165) is 29.7 Å². The van der Waals surface area contributed by atoms with Crippen LogP contribution in [0.2, 0.25) is 5.02 Å². The van der Waals surface area contributed by atoms with Gasteiger partial charge >= 0.3 is 5.97 Å². The Morgan fingerprint density at radius 1 is 0.893 bits per heavy atom. The highest BCUT2D eigenvalue weighted by molar-refractivity contribution is 6.30. The summed E-state index contributed by atoms with van der Waals surface area (Å²) in [5.74, 6) is -0.113. The zero-order valence-electron chi connectivity index (χ0n) is 15.5. The number of benzene rings is 3. The van der Waals surface area contributed by atoms with E-state index in [1.807, 2.05) is 66.7 Å². The zero-order valence-corrected chi connectivity index (χ0v) is 16.2. The van der Waals surface area contributed by atoms with Crippen molar-refractivity contribution < 1.29 is 9.53 Å². The highest BCUT2D eigenvalue weighted by atomic mass is 35.5. The molecule has 1 saturated heterocycles. The Labute approximate surface area is 170 Å². The monoisotopic (exact) mass is 391 g/mol. The SMILES string of the molecule is O=C(O[C@H]1CNCC[C@@H]1c1ccc(Cl)cc1)c1ccc(-c2ccccc2)cc1. The van der Waals surface area contributed by atoms with Gasteiger partial charge in [0, 0.05) is 17.5 Å². The van der Waals surface area contributed by atoms with E-state index in [4.69, 9.17) is 16.3 Å². The zero-order chi connectivity index (χ0) is 19.3. The van der Waals surface area contributed by atoms with Gasteiger partial charge in [-0.1, -0.05) is 66.2 Å². The van der Waals surface area contributed by atoms with Gasteiger partial charge in [0.15, 0.2) is 0 Å². The fourth-order valence-electron chi connectivity index (χ4n) is 3.68. The minimum atomic E-state index is -0.285. The van der Waals surface area contributed by atoms with Crippen molar-refractivity contribution in [1.82, 2.24) is 5.32 Å². The van der Waals surface area contributed by atoms with Gasteiger partial charge in [-0.3, -0.25) is 0 Å². The molecule has 0 amide bonds. The second kappa shape index (κ2) is 8.59. The smallest absolute Gasteiger partial charge is 0.338 e. The number of rotatable bonds is 4. The van der Waals surface area contributed by atoms with Crippen molar-refractivity contribution in [1.29, 1.82) is 0 Å². The molecule has 1 aliphatic rings. The van der Waals surface area contributed by atoms with Crippen LogP contribution in [0.1, 0.15) is 28.3 Å². The summed E-state index contributed by atoms with van der Waals surface area (Å²) in [7, 11) is 0. The largest absolute Gasteiger partial charge is 0.457 e. The molecule has 1 aliphatic heterocycles. The lowest BCUT2D eigenvalue weighted by Crippen LogP contribution is -2.42. The predicted molar refractivity (Wildman–Crippen MR) is 113 cm³/mol. The molecule has 1 fully saturated rings. The van der Waals surface area contributed by atoms with E-state index in [0.29, 0.717) is 17.1 Å². The van der Waals surface area contributed by atoms with Crippen LogP contribution < -0.4 is 5.32 Å². The van der Waals surface area contributed by atoms with Gasteiger partial charge in [0.2, 0.25) is 0 Å². The number of halogens is 1. The van der Waals surface area contributed by atoms with Gasteiger partial charge in [-0.2, -0.15) is 0 Å². The van der Waals surface area contributed by atoms with Gasteiger partial charge in [-0.25, -0.2) is 4.79 Å². The van der Waals surface area contributed by atoms with Crippen LogP contribution in [0.15, 0.2) is 78.9 Å². The van der Waals surface area contributed by atoms with Gasteiger partial charge in [0.1, 0.15) is 6.10 Å². The van der Waals surface area contributed by atoms with E-state index in [-0.39, 0.29) is 18.0 Å². The minimum Gasteiger partial charge on any atom is -0.457 e. The fraction of sp³-hybridized carbons (Fsp3) is 0.208. The lowest BCUT2D eigenvalue weighted by molar-refractivity contribution is 0.0182. The molecule has 4 heteroatoms. The summed E-state index contributed by atoms with van der Waals surface area (Å²) in [5, 5.41) is 4.04. The van der Waals surface area contributed by atoms with Crippen LogP contribution >= 0.6 is 11.6 Å². The quantitative estimate of drug-likeness (QED) is 0.612. The highest BCUT2D eigenvalue weighted by Gasteiger charge is 2.29. The lowest BCUT2D eigenvalue weighted by atomic mass is 9.88. The summed E-state index contributed by atoms with van der Waals surface area (Å²) >= 11 is 6.01. The van der Waals surface area contributed by atoms with Crippen molar-refractivity contribution in [2.24, 2.45) is 0 Å². The molecule has 142 valence electrons. The number of carbonyl (C=O) groups is 1. The van der Waals surface area contributed by atoms with Crippen LogP contribution in [-0.4, -0.2) is 25.2 Å². The first-order valence-corrected chi connectivity index (χ1v) is 9.91. The summed E-state index contributed by atoms with van der Waals surface area (Å²) in [6.07, 6.45) is 0.725. The summed E-state index contributed by atoms with van der Waals surface area (Å²) in [5.41, 5.74) is 3.93. The van der Waals surface area contributed by atoms with Crippen LogP contribution in [0.25, 0.3) is 11.1 Å². The Hall–Kier alpha value is -2.62. The molecule has 28 heavy (non-hydrogen) atoms. The maximum Gasteiger partial charge on any atom is 0.338 e. The van der Waals surface area contributed by atoms with Crippen molar-refractivity contribution in [2.75, 3.05) is 13.1 Å². The van der Waals surface area contributed by atoms with Crippen LogP contribution in [-0.2, 0) is 4.74 Å². The van der Waals surface area contributed by atoms with E-state index in [9.17, 15) is 4.79 Å². The third kappa shape index (κ3) is 4.27. The molecule has 3 aromatic rings. The van der Waals surface area contributed by atoms with Crippen molar-refractivity contribution in [3.05, 3.63) is 95.0 Å². The maximum atomic E-state index is 12.7. The Balaban J connectivity index is 1.47. The Morgan fingerprint density at radius 3 is 2.29 bits per heavy atom. The molecular weight excluding hydrogens is 370 g/mol. The molecule has 0 aliphatic carbocycles. The molecule has 4 rings (SSSR count). The minimum absolute atomic E-state index is 0.172.